The fourth-order valence-electron chi connectivity index (χ4n) is 2.83. The van der Waals surface area contributed by atoms with E-state index in [1.807, 2.05) is 42.5 Å². The predicted octanol–water partition coefficient (Wildman–Crippen LogP) is 5.01. The number of carbonyl (C=O) groups is 2. The Morgan fingerprint density at radius 2 is 1.63 bits per heavy atom. The van der Waals surface area contributed by atoms with Gasteiger partial charge in [0.05, 0.1) is 23.3 Å². The average molecular weight is 396 g/mol. The fraction of sp³-hybridized carbons (Fsp3) is 0.0476. The molecule has 134 valence electrons. The summed E-state index contributed by atoms with van der Waals surface area (Å²) in [5, 5.41) is 0.616. The lowest BCUT2D eigenvalue weighted by Gasteiger charge is -2.13. The van der Waals surface area contributed by atoms with Gasteiger partial charge in [-0.3, -0.25) is 14.5 Å². The largest absolute Gasteiger partial charge is 0.467 e. The summed E-state index contributed by atoms with van der Waals surface area (Å²) in [7, 11) is 0. The first kappa shape index (κ1) is 17.6. The highest BCUT2D eigenvalue weighted by Gasteiger charge is 2.39. The minimum absolute atomic E-state index is 0.103. The molecular formula is C21H14ClNO3S. The lowest BCUT2D eigenvalue weighted by atomic mass is 10.1. The zero-order chi connectivity index (χ0) is 18.8. The van der Waals surface area contributed by atoms with E-state index in [-0.39, 0.29) is 18.4 Å². The first-order valence-corrected chi connectivity index (χ1v) is 9.44. The molecule has 2 heterocycles. The van der Waals surface area contributed by atoms with E-state index >= 15 is 0 Å². The molecule has 0 spiro atoms. The van der Waals surface area contributed by atoms with Crippen LogP contribution in [0.15, 0.2) is 87.2 Å². The summed E-state index contributed by atoms with van der Waals surface area (Å²) in [4.78, 5) is 28.6. The van der Waals surface area contributed by atoms with E-state index in [4.69, 9.17) is 16.0 Å². The Labute approximate surface area is 165 Å². The molecule has 27 heavy (non-hydrogen) atoms. The van der Waals surface area contributed by atoms with Crippen molar-refractivity contribution in [3.63, 3.8) is 0 Å². The first-order chi connectivity index (χ1) is 13.1. The lowest BCUT2D eigenvalue weighted by Crippen LogP contribution is -2.30. The predicted molar refractivity (Wildman–Crippen MR) is 105 cm³/mol. The summed E-state index contributed by atoms with van der Waals surface area (Å²) >= 11 is 7.22. The van der Waals surface area contributed by atoms with Crippen molar-refractivity contribution in [3.05, 3.63) is 94.2 Å². The molecule has 4 nitrogen and oxygen atoms in total. The van der Waals surface area contributed by atoms with Gasteiger partial charge >= 0.3 is 0 Å². The number of furan rings is 1. The third-order valence-electron chi connectivity index (χ3n) is 4.12. The second-order valence-electron chi connectivity index (χ2n) is 5.90. The highest BCUT2D eigenvalue weighted by Crippen LogP contribution is 2.40. The minimum Gasteiger partial charge on any atom is -0.467 e. The van der Waals surface area contributed by atoms with Gasteiger partial charge in [-0.05, 0) is 42.0 Å². The molecule has 0 radical (unpaired) electrons. The Balaban J connectivity index is 1.73. The molecule has 0 fully saturated rings. The maximum absolute atomic E-state index is 13.1. The third-order valence-corrected chi connectivity index (χ3v) is 5.46. The van der Waals surface area contributed by atoms with Crippen LogP contribution in [0.4, 0.5) is 0 Å². The van der Waals surface area contributed by atoms with Crippen molar-refractivity contribution >= 4 is 40.8 Å². The van der Waals surface area contributed by atoms with Crippen LogP contribution in [0.25, 0.3) is 5.57 Å². The van der Waals surface area contributed by atoms with Crippen LogP contribution in [-0.4, -0.2) is 16.7 Å². The molecule has 2 amide bonds. The summed E-state index contributed by atoms with van der Waals surface area (Å²) in [6, 6.07) is 19.9. The van der Waals surface area contributed by atoms with Crippen LogP contribution < -0.4 is 0 Å². The Morgan fingerprint density at radius 1 is 0.889 bits per heavy atom. The maximum Gasteiger partial charge on any atom is 0.268 e. The van der Waals surface area contributed by atoms with Crippen molar-refractivity contribution in [1.29, 1.82) is 0 Å². The van der Waals surface area contributed by atoms with Crippen molar-refractivity contribution < 1.29 is 14.0 Å². The molecule has 1 aromatic heterocycles. The van der Waals surface area contributed by atoms with Gasteiger partial charge in [-0.1, -0.05) is 53.7 Å². The van der Waals surface area contributed by atoms with E-state index in [2.05, 4.69) is 0 Å². The molecular weight excluding hydrogens is 382 g/mol. The van der Waals surface area contributed by atoms with Crippen LogP contribution in [0, 0.1) is 0 Å². The van der Waals surface area contributed by atoms with Crippen molar-refractivity contribution in [3.8, 4) is 0 Å². The number of nitrogens with zero attached hydrogens (tertiary/aromatic N) is 1. The number of halogens is 1. The highest BCUT2D eigenvalue weighted by molar-refractivity contribution is 8.04. The smallest absolute Gasteiger partial charge is 0.268 e. The molecule has 4 rings (SSSR count). The molecule has 3 aromatic rings. The SMILES string of the molecule is O=C1C(Sc2ccc(Cl)cc2)=C(c2ccccc2)C(=O)N1Cc1ccco1. The quantitative estimate of drug-likeness (QED) is 0.570. The van der Waals surface area contributed by atoms with Gasteiger partial charge in [0.25, 0.3) is 11.8 Å². The average Bonchev–Trinajstić information content (AvgIpc) is 3.27. The molecule has 0 saturated carbocycles. The van der Waals surface area contributed by atoms with Gasteiger partial charge in [-0.15, -0.1) is 0 Å². The maximum atomic E-state index is 13.1. The number of benzene rings is 2. The molecule has 0 aliphatic carbocycles. The molecule has 6 heteroatoms. The number of hydrogen-bond acceptors (Lipinski definition) is 4. The second-order valence-corrected chi connectivity index (χ2v) is 7.42. The molecule has 0 N–H and O–H groups in total. The Morgan fingerprint density at radius 3 is 2.30 bits per heavy atom. The standard InChI is InChI=1S/C21H14ClNO3S/c22-15-8-10-17(11-9-15)27-19-18(14-5-2-1-3-6-14)20(24)23(21(19)25)13-16-7-4-12-26-16/h1-12H,13H2. The Kier molecular flexibility index (Phi) is 4.88. The number of carbonyl (C=O) groups excluding carboxylic acids is 2. The zero-order valence-electron chi connectivity index (χ0n) is 14.1. The number of imide groups is 1. The van der Waals surface area contributed by atoms with Crippen molar-refractivity contribution in [2.24, 2.45) is 0 Å². The summed E-state index contributed by atoms with van der Waals surface area (Å²) in [5.41, 5.74) is 1.13. The molecule has 0 bridgehead atoms. The van der Waals surface area contributed by atoms with Gasteiger partial charge in [0.2, 0.25) is 0 Å². The molecule has 0 saturated heterocycles. The topological polar surface area (TPSA) is 50.5 Å². The van der Waals surface area contributed by atoms with Crippen LogP contribution >= 0.6 is 23.4 Å². The van der Waals surface area contributed by atoms with Gasteiger partial charge < -0.3 is 4.42 Å². The number of rotatable bonds is 5. The fourth-order valence-corrected chi connectivity index (χ4v) is 3.97. The van der Waals surface area contributed by atoms with E-state index in [0.29, 0.717) is 26.8 Å². The molecule has 0 atom stereocenters. The van der Waals surface area contributed by atoms with Gasteiger partial charge in [-0.2, -0.15) is 0 Å². The van der Waals surface area contributed by atoms with Crippen LogP contribution in [0.2, 0.25) is 5.02 Å². The van der Waals surface area contributed by atoms with Crippen molar-refractivity contribution in [1.82, 2.24) is 4.90 Å². The van der Waals surface area contributed by atoms with Gasteiger partial charge in [0, 0.05) is 9.92 Å². The lowest BCUT2D eigenvalue weighted by molar-refractivity contribution is -0.137. The van der Waals surface area contributed by atoms with Crippen molar-refractivity contribution in [2.75, 3.05) is 0 Å². The van der Waals surface area contributed by atoms with Gasteiger partial charge in [-0.25, -0.2) is 0 Å². The van der Waals surface area contributed by atoms with Gasteiger partial charge in [0.15, 0.2) is 0 Å². The number of thioether (sulfide) groups is 1. The van der Waals surface area contributed by atoms with Crippen LogP contribution in [0.1, 0.15) is 11.3 Å². The highest BCUT2D eigenvalue weighted by atomic mass is 35.5. The van der Waals surface area contributed by atoms with E-state index in [9.17, 15) is 9.59 Å². The van der Waals surface area contributed by atoms with Crippen LogP contribution in [0.5, 0.6) is 0 Å². The monoisotopic (exact) mass is 395 g/mol. The Hall–Kier alpha value is -2.76. The van der Waals surface area contributed by atoms with E-state index in [1.165, 1.54) is 22.9 Å². The van der Waals surface area contributed by atoms with E-state index in [1.54, 1.807) is 24.3 Å². The second kappa shape index (κ2) is 7.47. The minimum atomic E-state index is -0.324. The molecule has 0 unspecified atom stereocenters. The summed E-state index contributed by atoms with van der Waals surface area (Å²) < 4.78 is 5.31. The zero-order valence-corrected chi connectivity index (χ0v) is 15.7. The number of hydrogen-bond donors (Lipinski definition) is 0. The Bertz CT molecular complexity index is 1010. The normalized spacial score (nSPS) is 14.3. The van der Waals surface area contributed by atoms with E-state index in [0.717, 1.165) is 4.90 Å². The number of amides is 2. The third kappa shape index (κ3) is 3.56. The molecule has 2 aromatic carbocycles. The van der Waals surface area contributed by atoms with Crippen LogP contribution in [0.3, 0.4) is 0 Å². The van der Waals surface area contributed by atoms with Crippen LogP contribution in [-0.2, 0) is 16.1 Å². The molecule has 1 aliphatic rings. The van der Waals surface area contributed by atoms with Crippen molar-refractivity contribution in [2.45, 2.75) is 11.4 Å². The summed E-state index contributed by atoms with van der Waals surface area (Å²) in [5.74, 6) is -0.0869. The molecule has 1 aliphatic heterocycles. The summed E-state index contributed by atoms with van der Waals surface area (Å²) in [6.45, 7) is 0.103. The van der Waals surface area contributed by atoms with E-state index < -0.39 is 0 Å². The first-order valence-electron chi connectivity index (χ1n) is 8.25. The summed E-state index contributed by atoms with van der Waals surface area (Å²) in [6.07, 6.45) is 1.52. The van der Waals surface area contributed by atoms with Gasteiger partial charge in [0.1, 0.15) is 5.76 Å².